The first-order valence-corrected chi connectivity index (χ1v) is 6.44. The Balaban J connectivity index is 2.10. The van der Waals surface area contributed by atoms with Crippen molar-refractivity contribution in [3.05, 3.63) is 35.4 Å². The summed E-state index contributed by atoms with van der Waals surface area (Å²) in [5, 5.41) is 3.12. The van der Waals surface area contributed by atoms with E-state index in [1.165, 1.54) is 11.1 Å². The molecule has 3 heteroatoms. The van der Waals surface area contributed by atoms with Gasteiger partial charge >= 0.3 is 0 Å². The first-order chi connectivity index (χ1) is 8.72. The maximum Gasteiger partial charge on any atom is 0.223 e. The molecule has 96 valence electrons. The van der Waals surface area contributed by atoms with Gasteiger partial charge in [0, 0.05) is 19.2 Å². The third-order valence-electron chi connectivity index (χ3n) is 3.25. The van der Waals surface area contributed by atoms with Gasteiger partial charge in [-0.3, -0.25) is 4.79 Å². The van der Waals surface area contributed by atoms with Crippen molar-refractivity contribution in [2.75, 3.05) is 25.0 Å². The van der Waals surface area contributed by atoms with E-state index in [4.69, 9.17) is 0 Å². The van der Waals surface area contributed by atoms with E-state index in [1.807, 2.05) is 11.9 Å². The standard InChI is InChI=1S/C15H20N2O/c1-12(18)17-10-8-14-11-13(6-7-15(14)17)5-3-4-9-16-2/h3,5-7,11,16H,4,8-10H2,1-2H3. The van der Waals surface area contributed by atoms with Crippen LogP contribution >= 0.6 is 0 Å². The Morgan fingerprint density at radius 3 is 3.06 bits per heavy atom. The number of hydrogen-bond donors (Lipinski definition) is 1. The van der Waals surface area contributed by atoms with Gasteiger partial charge in [0.25, 0.3) is 0 Å². The molecule has 1 heterocycles. The number of anilines is 1. The van der Waals surface area contributed by atoms with E-state index in [0.717, 1.165) is 31.6 Å². The lowest BCUT2D eigenvalue weighted by Crippen LogP contribution is -2.25. The van der Waals surface area contributed by atoms with Gasteiger partial charge in [0.1, 0.15) is 0 Å². The summed E-state index contributed by atoms with van der Waals surface area (Å²) >= 11 is 0. The fourth-order valence-electron chi connectivity index (χ4n) is 2.30. The summed E-state index contributed by atoms with van der Waals surface area (Å²) in [7, 11) is 1.96. The van der Waals surface area contributed by atoms with Crippen LogP contribution in [0.3, 0.4) is 0 Å². The van der Waals surface area contributed by atoms with Crippen molar-refractivity contribution in [3.8, 4) is 0 Å². The number of amides is 1. The zero-order valence-corrected chi connectivity index (χ0v) is 11.1. The first kappa shape index (κ1) is 12.8. The molecule has 0 aliphatic carbocycles. The lowest BCUT2D eigenvalue weighted by molar-refractivity contribution is -0.116. The quantitative estimate of drug-likeness (QED) is 0.824. The van der Waals surface area contributed by atoms with Gasteiger partial charge in [-0.15, -0.1) is 0 Å². The first-order valence-electron chi connectivity index (χ1n) is 6.44. The maximum atomic E-state index is 11.4. The van der Waals surface area contributed by atoms with E-state index in [9.17, 15) is 4.79 Å². The molecule has 18 heavy (non-hydrogen) atoms. The molecule has 1 N–H and O–H groups in total. The highest BCUT2D eigenvalue weighted by molar-refractivity contribution is 5.93. The second kappa shape index (κ2) is 5.83. The molecule has 2 rings (SSSR count). The van der Waals surface area contributed by atoms with E-state index in [2.05, 4.69) is 35.7 Å². The van der Waals surface area contributed by atoms with Gasteiger partial charge in [0.2, 0.25) is 5.91 Å². The fraction of sp³-hybridized carbons (Fsp3) is 0.400. The predicted octanol–water partition coefficient (Wildman–Crippen LogP) is 2.22. The molecule has 0 bridgehead atoms. The molecule has 1 aromatic rings. The van der Waals surface area contributed by atoms with Crippen LogP contribution in [0.15, 0.2) is 24.3 Å². The van der Waals surface area contributed by atoms with Crippen molar-refractivity contribution < 1.29 is 4.79 Å². The largest absolute Gasteiger partial charge is 0.319 e. The number of carbonyl (C=O) groups excluding carboxylic acids is 1. The lowest BCUT2D eigenvalue weighted by atomic mass is 10.1. The summed E-state index contributed by atoms with van der Waals surface area (Å²) in [5.41, 5.74) is 3.58. The summed E-state index contributed by atoms with van der Waals surface area (Å²) in [4.78, 5) is 13.3. The number of hydrogen-bond acceptors (Lipinski definition) is 2. The Kier molecular flexibility index (Phi) is 4.15. The van der Waals surface area contributed by atoms with E-state index in [0.29, 0.717) is 0 Å². The molecule has 0 aromatic heterocycles. The van der Waals surface area contributed by atoms with Crippen molar-refractivity contribution in [3.63, 3.8) is 0 Å². The molecule has 0 saturated carbocycles. The van der Waals surface area contributed by atoms with Crippen LogP contribution < -0.4 is 10.2 Å². The van der Waals surface area contributed by atoms with Crippen LogP contribution in [0, 0.1) is 0 Å². The van der Waals surface area contributed by atoms with Gasteiger partial charge in [-0.25, -0.2) is 0 Å². The Morgan fingerprint density at radius 2 is 2.33 bits per heavy atom. The SMILES string of the molecule is CNCCC=Cc1ccc2c(c1)CCN2C(C)=O. The van der Waals surface area contributed by atoms with Gasteiger partial charge in [0.15, 0.2) is 0 Å². The summed E-state index contributed by atoms with van der Waals surface area (Å²) in [6.45, 7) is 3.44. The van der Waals surface area contributed by atoms with Gasteiger partial charge in [-0.2, -0.15) is 0 Å². The van der Waals surface area contributed by atoms with Crippen molar-refractivity contribution in [1.29, 1.82) is 0 Å². The number of fused-ring (bicyclic) bond motifs is 1. The highest BCUT2D eigenvalue weighted by atomic mass is 16.2. The zero-order chi connectivity index (χ0) is 13.0. The Bertz CT molecular complexity index is 466. The highest BCUT2D eigenvalue weighted by Crippen LogP contribution is 2.29. The Hall–Kier alpha value is -1.61. The molecular formula is C15H20N2O. The van der Waals surface area contributed by atoms with Gasteiger partial charge in [0.05, 0.1) is 0 Å². The molecule has 1 aliphatic heterocycles. The third kappa shape index (κ3) is 2.79. The average molecular weight is 244 g/mol. The smallest absolute Gasteiger partial charge is 0.223 e. The average Bonchev–Trinajstić information content (AvgIpc) is 2.77. The topological polar surface area (TPSA) is 32.3 Å². The molecule has 0 fully saturated rings. The Labute approximate surface area is 108 Å². The molecular weight excluding hydrogens is 224 g/mol. The molecule has 0 unspecified atom stereocenters. The number of nitrogens with zero attached hydrogens (tertiary/aromatic N) is 1. The number of carbonyl (C=O) groups is 1. The lowest BCUT2D eigenvalue weighted by Gasteiger charge is -2.14. The monoisotopic (exact) mass is 244 g/mol. The van der Waals surface area contributed by atoms with Gasteiger partial charge in [-0.1, -0.05) is 18.2 Å². The minimum atomic E-state index is 0.131. The summed E-state index contributed by atoms with van der Waals surface area (Å²) in [6, 6.07) is 6.32. The molecule has 0 spiro atoms. The van der Waals surface area contributed by atoms with Crippen LogP contribution in [0.4, 0.5) is 5.69 Å². The van der Waals surface area contributed by atoms with Crippen LogP contribution in [0.2, 0.25) is 0 Å². The van der Waals surface area contributed by atoms with Gasteiger partial charge in [-0.05, 0) is 49.7 Å². The van der Waals surface area contributed by atoms with Crippen molar-refractivity contribution >= 4 is 17.7 Å². The van der Waals surface area contributed by atoms with Crippen LogP contribution in [-0.2, 0) is 11.2 Å². The Morgan fingerprint density at radius 1 is 1.50 bits per heavy atom. The maximum absolute atomic E-state index is 11.4. The number of benzene rings is 1. The normalized spacial score (nSPS) is 14.2. The zero-order valence-electron chi connectivity index (χ0n) is 11.1. The minimum absolute atomic E-state index is 0.131. The molecule has 0 atom stereocenters. The summed E-state index contributed by atoms with van der Waals surface area (Å²) < 4.78 is 0. The second-order valence-electron chi connectivity index (χ2n) is 4.60. The van der Waals surface area contributed by atoms with Gasteiger partial charge < -0.3 is 10.2 Å². The van der Waals surface area contributed by atoms with Crippen LogP contribution in [0.25, 0.3) is 6.08 Å². The van der Waals surface area contributed by atoms with E-state index >= 15 is 0 Å². The molecule has 3 nitrogen and oxygen atoms in total. The number of nitrogens with one attached hydrogen (secondary N) is 1. The number of rotatable bonds is 4. The van der Waals surface area contributed by atoms with Crippen molar-refractivity contribution in [2.45, 2.75) is 19.8 Å². The second-order valence-corrected chi connectivity index (χ2v) is 4.60. The van der Waals surface area contributed by atoms with E-state index in [1.54, 1.807) is 6.92 Å². The molecule has 1 aromatic carbocycles. The molecule has 0 radical (unpaired) electrons. The summed E-state index contributed by atoms with van der Waals surface area (Å²) in [5.74, 6) is 0.131. The van der Waals surface area contributed by atoms with Crippen LogP contribution in [0.1, 0.15) is 24.5 Å². The third-order valence-corrected chi connectivity index (χ3v) is 3.25. The van der Waals surface area contributed by atoms with Crippen molar-refractivity contribution in [2.24, 2.45) is 0 Å². The predicted molar refractivity (Wildman–Crippen MR) is 75.8 cm³/mol. The van der Waals surface area contributed by atoms with Crippen LogP contribution in [0.5, 0.6) is 0 Å². The molecule has 1 aliphatic rings. The fourth-order valence-corrected chi connectivity index (χ4v) is 2.30. The highest BCUT2D eigenvalue weighted by Gasteiger charge is 2.21. The molecule has 1 amide bonds. The summed E-state index contributed by atoms with van der Waals surface area (Å²) in [6.07, 6.45) is 6.32. The van der Waals surface area contributed by atoms with E-state index in [-0.39, 0.29) is 5.91 Å². The van der Waals surface area contributed by atoms with E-state index < -0.39 is 0 Å². The minimum Gasteiger partial charge on any atom is -0.319 e. The molecule has 0 saturated heterocycles. The van der Waals surface area contributed by atoms with Crippen molar-refractivity contribution in [1.82, 2.24) is 5.32 Å². The van der Waals surface area contributed by atoms with Crippen LogP contribution in [-0.4, -0.2) is 26.0 Å².